The summed E-state index contributed by atoms with van der Waals surface area (Å²) in [6, 6.07) is 4.64. The summed E-state index contributed by atoms with van der Waals surface area (Å²) < 4.78 is 20.9. The van der Waals surface area contributed by atoms with Gasteiger partial charge >= 0.3 is 23.9 Å². The van der Waals surface area contributed by atoms with E-state index in [1.54, 1.807) is 13.0 Å². The molecule has 34 heavy (non-hydrogen) atoms. The van der Waals surface area contributed by atoms with Crippen LogP contribution in [0.15, 0.2) is 18.2 Å². The van der Waals surface area contributed by atoms with Crippen molar-refractivity contribution in [2.24, 2.45) is 11.7 Å². The average molecular weight is 480 g/mol. The molecule has 9 nitrogen and oxygen atoms in total. The number of carbonyl (C=O) groups excluding carboxylic acids is 4. The molecule has 0 heterocycles. The third-order valence-corrected chi connectivity index (χ3v) is 5.28. The van der Waals surface area contributed by atoms with E-state index in [-0.39, 0.29) is 55.7 Å². The summed E-state index contributed by atoms with van der Waals surface area (Å²) in [4.78, 5) is 48.5. The molecule has 2 atom stereocenters. The summed E-state index contributed by atoms with van der Waals surface area (Å²) in [5.74, 6) is -2.04. The molecule has 0 spiro atoms. The Balaban J connectivity index is 3.13. The molecule has 0 bridgehead atoms. The fourth-order valence-corrected chi connectivity index (χ4v) is 3.05. The maximum Gasteiger partial charge on any atom is 0.326 e. The van der Waals surface area contributed by atoms with Gasteiger partial charge in [-0.25, -0.2) is 0 Å². The van der Waals surface area contributed by atoms with E-state index in [9.17, 15) is 19.2 Å². The molecule has 0 saturated carbocycles. The van der Waals surface area contributed by atoms with Crippen molar-refractivity contribution in [2.75, 3.05) is 13.7 Å². The molecule has 0 saturated heterocycles. The van der Waals surface area contributed by atoms with Gasteiger partial charge in [-0.3, -0.25) is 19.2 Å². The summed E-state index contributed by atoms with van der Waals surface area (Å²) in [6.45, 7) is 7.27. The van der Waals surface area contributed by atoms with Crippen LogP contribution in [0.1, 0.15) is 71.8 Å². The highest BCUT2D eigenvalue weighted by molar-refractivity contribution is 5.81. The van der Waals surface area contributed by atoms with Gasteiger partial charge in [0, 0.05) is 25.7 Å². The van der Waals surface area contributed by atoms with Crippen LogP contribution >= 0.6 is 0 Å². The summed E-state index contributed by atoms with van der Waals surface area (Å²) in [6.07, 6.45) is 2.29. The van der Waals surface area contributed by atoms with Crippen molar-refractivity contribution < 1.29 is 38.1 Å². The zero-order chi connectivity index (χ0) is 25.7. The van der Waals surface area contributed by atoms with Gasteiger partial charge in [-0.1, -0.05) is 33.8 Å². The largest absolute Gasteiger partial charge is 0.468 e. The summed E-state index contributed by atoms with van der Waals surface area (Å²) in [7, 11) is 1.23. The quantitative estimate of drug-likeness (QED) is 0.314. The highest BCUT2D eigenvalue weighted by Crippen LogP contribution is 2.31. The van der Waals surface area contributed by atoms with E-state index < -0.39 is 23.4 Å². The zero-order valence-corrected chi connectivity index (χ0v) is 20.8. The van der Waals surface area contributed by atoms with Crippen molar-refractivity contribution in [3.8, 4) is 11.5 Å². The predicted molar refractivity (Wildman–Crippen MR) is 125 cm³/mol. The second-order valence-electron chi connectivity index (χ2n) is 8.28. The third-order valence-electron chi connectivity index (χ3n) is 5.28. The normalized spacial score (nSPS) is 13.4. The molecule has 1 unspecified atom stereocenters. The van der Waals surface area contributed by atoms with E-state index >= 15 is 0 Å². The lowest BCUT2D eigenvalue weighted by atomic mass is 9.88. The van der Waals surface area contributed by atoms with Crippen LogP contribution in [-0.2, 0) is 35.1 Å². The number of hydrogen-bond acceptors (Lipinski definition) is 9. The molecule has 0 fully saturated rings. The molecular weight excluding hydrogens is 442 g/mol. The topological polar surface area (TPSA) is 131 Å². The van der Waals surface area contributed by atoms with Crippen molar-refractivity contribution in [3.63, 3.8) is 0 Å². The van der Waals surface area contributed by atoms with Crippen molar-refractivity contribution in [2.45, 2.75) is 78.2 Å². The summed E-state index contributed by atoms with van der Waals surface area (Å²) in [5.41, 5.74) is 5.44. The Morgan fingerprint density at radius 2 is 1.56 bits per heavy atom. The molecule has 1 aromatic carbocycles. The Labute approximate surface area is 201 Å². The van der Waals surface area contributed by atoms with Crippen LogP contribution in [0, 0.1) is 5.92 Å². The molecule has 0 radical (unpaired) electrons. The lowest BCUT2D eigenvalue weighted by Crippen LogP contribution is -2.51. The minimum Gasteiger partial charge on any atom is -0.468 e. The molecule has 0 aromatic heterocycles. The fraction of sp³-hybridized carbons (Fsp3) is 0.600. The van der Waals surface area contributed by atoms with Crippen molar-refractivity contribution in [1.82, 2.24) is 0 Å². The van der Waals surface area contributed by atoms with Gasteiger partial charge in [0.2, 0.25) is 0 Å². The monoisotopic (exact) mass is 479 g/mol. The zero-order valence-electron chi connectivity index (χ0n) is 20.8. The van der Waals surface area contributed by atoms with Crippen LogP contribution in [0.2, 0.25) is 0 Å². The molecule has 0 aliphatic carbocycles. The standard InChI is InChI=1S/C25H37NO8/c1-6-9-21(27)33-19-12-11-18(15-20(19)34-22(28)10-7-2)16-25(26,24(30)31-5)13-14-32-23(29)17(4)8-3/h11-12,15,17H,6-10,13-14,16,26H2,1-5H3/t17?,25-/m1/s1. The smallest absolute Gasteiger partial charge is 0.326 e. The van der Waals surface area contributed by atoms with Gasteiger partial charge in [-0.15, -0.1) is 0 Å². The van der Waals surface area contributed by atoms with Crippen molar-refractivity contribution in [3.05, 3.63) is 23.8 Å². The molecule has 190 valence electrons. The summed E-state index contributed by atoms with van der Waals surface area (Å²) in [5, 5.41) is 0. The predicted octanol–water partition coefficient (Wildman–Crippen LogP) is 3.49. The van der Waals surface area contributed by atoms with Gasteiger partial charge in [0.05, 0.1) is 19.6 Å². The third kappa shape index (κ3) is 9.13. The average Bonchev–Trinajstić information content (AvgIpc) is 2.79. The molecule has 0 amide bonds. The van der Waals surface area contributed by atoms with Crippen molar-refractivity contribution in [1.29, 1.82) is 0 Å². The number of esters is 4. The van der Waals surface area contributed by atoms with E-state index in [1.165, 1.54) is 19.2 Å². The van der Waals surface area contributed by atoms with Crippen LogP contribution in [0.3, 0.4) is 0 Å². The van der Waals surface area contributed by atoms with Gasteiger partial charge in [0.15, 0.2) is 11.5 Å². The maximum absolute atomic E-state index is 12.5. The van der Waals surface area contributed by atoms with Gasteiger partial charge in [0.1, 0.15) is 5.54 Å². The van der Waals surface area contributed by atoms with E-state index in [2.05, 4.69) is 0 Å². The first-order valence-corrected chi connectivity index (χ1v) is 11.7. The highest BCUT2D eigenvalue weighted by Gasteiger charge is 2.36. The Bertz CT molecular complexity index is 853. The number of benzene rings is 1. The molecular formula is C25H37NO8. The number of methoxy groups -OCH3 is 1. The van der Waals surface area contributed by atoms with E-state index in [4.69, 9.17) is 24.7 Å². The van der Waals surface area contributed by atoms with Gasteiger partial charge in [0.25, 0.3) is 0 Å². The van der Waals surface area contributed by atoms with Crippen molar-refractivity contribution >= 4 is 23.9 Å². The SMILES string of the molecule is CCCC(=O)Oc1ccc(C[C@](N)(CCOC(=O)C(C)CC)C(=O)OC)cc1OC(=O)CCC. The highest BCUT2D eigenvalue weighted by atomic mass is 16.6. The number of hydrogen-bond donors (Lipinski definition) is 1. The number of ether oxygens (including phenoxy) is 4. The second kappa shape index (κ2) is 14.3. The Hall–Kier alpha value is -2.94. The van der Waals surface area contributed by atoms with Crippen LogP contribution in [0.5, 0.6) is 11.5 Å². The van der Waals surface area contributed by atoms with E-state index in [0.29, 0.717) is 24.8 Å². The minimum absolute atomic E-state index is 0.0159. The first-order chi connectivity index (χ1) is 16.1. The van der Waals surface area contributed by atoms with Crippen LogP contribution in [0.25, 0.3) is 0 Å². The second-order valence-corrected chi connectivity index (χ2v) is 8.28. The number of nitrogens with two attached hydrogens (primary N) is 1. The lowest BCUT2D eigenvalue weighted by molar-refractivity contribution is -0.153. The first kappa shape index (κ1) is 29.1. The van der Waals surface area contributed by atoms with Crippen LogP contribution in [-0.4, -0.2) is 43.1 Å². The molecule has 9 heteroatoms. The Morgan fingerprint density at radius 1 is 0.971 bits per heavy atom. The summed E-state index contributed by atoms with van der Waals surface area (Å²) >= 11 is 0. The van der Waals surface area contributed by atoms with Crippen LogP contribution < -0.4 is 15.2 Å². The molecule has 1 aromatic rings. The van der Waals surface area contributed by atoms with E-state index in [1.807, 2.05) is 20.8 Å². The van der Waals surface area contributed by atoms with E-state index in [0.717, 1.165) is 0 Å². The lowest BCUT2D eigenvalue weighted by Gasteiger charge is -2.27. The van der Waals surface area contributed by atoms with Gasteiger partial charge in [-0.2, -0.15) is 0 Å². The fourth-order valence-electron chi connectivity index (χ4n) is 3.05. The molecule has 1 rings (SSSR count). The molecule has 2 N–H and O–H groups in total. The molecule has 0 aliphatic rings. The minimum atomic E-state index is -1.49. The van der Waals surface area contributed by atoms with Gasteiger partial charge in [-0.05, 0) is 37.0 Å². The maximum atomic E-state index is 12.5. The Kier molecular flexibility index (Phi) is 12.3. The number of carbonyl (C=O) groups is 4. The van der Waals surface area contributed by atoms with Gasteiger partial charge < -0.3 is 24.7 Å². The van der Waals surface area contributed by atoms with Crippen LogP contribution in [0.4, 0.5) is 0 Å². The first-order valence-electron chi connectivity index (χ1n) is 11.7. The Morgan fingerprint density at radius 3 is 2.09 bits per heavy atom. The molecule has 0 aliphatic heterocycles. The number of rotatable bonds is 14.